The van der Waals surface area contributed by atoms with Gasteiger partial charge in [0, 0.05) is 5.41 Å². The standard InChI is InChI=1S/C33H48B2O4/c1-3-5-7-9-11-13-19-33(20-14-12-10-8-6-4-2)31-25-27(34-36-21-22-37-34)15-17-29(31)30-18-16-28(26-32(30)33)35-38-23-24-39-35/h15-18,25-26H,3-14,19-24H2,1-2H3. The Morgan fingerprint density at radius 1 is 0.538 bits per heavy atom. The van der Waals surface area contributed by atoms with E-state index >= 15 is 0 Å². The van der Waals surface area contributed by atoms with Crippen LogP contribution in [0.4, 0.5) is 0 Å². The molecule has 39 heavy (non-hydrogen) atoms. The fourth-order valence-corrected chi connectivity index (χ4v) is 7.00. The van der Waals surface area contributed by atoms with Crippen LogP contribution in [-0.4, -0.2) is 40.7 Å². The van der Waals surface area contributed by atoms with Crippen LogP contribution in [0.3, 0.4) is 0 Å². The molecular weight excluding hydrogens is 482 g/mol. The van der Waals surface area contributed by atoms with Gasteiger partial charge in [0.25, 0.3) is 0 Å². The van der Waals surface area contributed by atoms with Gasteiger partial charge in [0.15, 0.2) is 0 Å². The van der Waals surface area contributed by atoms with E-state index in [9.17, 15) is 0 Å². The predicted molar refractivity (Wildman–Crippen MR) is 163 cm³/mol. The van der Waals surface area contributed by atoms with E-state index in [0.717, 1.165) is 10.9 Å². The van der Waals surface area contributed by atoms with E-state index in [1.807, 2.05) is 0 Å². The van der Waals surface area contributed by atoms with Crippen LogP contribution in [0.25, 0.3) is 11.1 Å². The van der Waals surface area contributed by atoms with Crippen LogP contribution in [0.2, 0.25) is 0 Å². The van der Waals surface area contributed by atoms with E-state index in [0.29, 0.717) is 26.4 Å². The van der Waals surface area contributed by atoms with E-state index in [2.05, 4.69) is 50.2 Å². The van der Waals surface area contributed by atoms with Gasteiger partial charge < -0.3 is 18.6 Å². The highest BCUT2D eigenvalue weighted by Crippen LogP contribution is 2.53. The Morgan fingerprint density at radius 2 is 0.923 bits per heavy atom. The molecule has 210 valence electrons. The number of unbranched alkanes of at least 4 members (excludes halogenated alkanes) is 10. The van der Waals surface area contributed by atoms with Crippen LogP contribution in [0.1, 0.15) is 115 Å². The van der Waals surface area contributed by atoms with Crippen molar-refractivity contribution < 1.29 is 18.6 Å². The highest BCUT2D eigenvalue weighted by atomic mass is 16.6. The van der Waals surface area contributed by atoms with Crippen LogP contribution >= 0.6 is 0 Å². The summed E-state index contributed by atoms with van der Waals surface area (Å²) in [5, 5.41) is 0. The van der Waals surface area contributed by atoms with Gasteiger partial charge in [-0.05, 0) is 46.0 Å². The maximum Gasteiger partial charge on any atom is 0.494 e. The highest BCUT2D eigenvalue weighted by molar-refractivity contribution is 6.62. The van der Waals surface area contributed by atoms with Gasteiger partial charge in [-0.15, -0.1) is 0 Å². The van der Waals surface area contributed by atoms with Crippen molar-refractivity contribution in [2.45, 2.75) is 109 Å². The Kier molecular flexibility index (Phi) is 10.6. The summed E-state index contributed by atoms with van der Waals surface area (Å²) in [6.45, 7) is 7.29. The zero-order valence-corrected chi connectivity index (χ0v) is 24.5. The Labute approximate surface area is 237 Å². The molecule has 0 saturated carbocycles. The minimum Gasteiger partial charge on any atom is -0.405 e. The third kappa shape index (κ3) is 6.67. The maximum absolute atomic E-state index is 5.95. The molecule has 0 bridgehead atoms. The first-order chi connectivity index (χ1) is 19.3. The Bertz CT molecular complexity index is 962. The van der Waals surface area contributed by atoms with Crippen molar-refractivity contribution >= 4 is 25.2 Å². The first-order valence-electron chi connectivity index (χ1n) is 16.0. The molecule has 0 amide bonds. The lowest BCUT2D eigenvalue weighted by Gasteiger charge is -2.33. The Balaban J connectivity index is 1.48. The van der Waals surface area contributed by atoms with E-state index < -0.39 is 0 Å². The first-order valence-corrected chi connectivity index (χ1v) is 16.0. The summed E-state index contributed by atoms with van der Waals surface area (Å²) in [6, 6.07) is 14.0. The van der Waals surface area contributed by atoms with Crippen molar-refractivity contribution in [1.29, 1.82) is 0 Å². The zero-order chi connectivity index (χ0) is 26.9. The third-order valence-electron chi connectivity index (χ3n) is 9.11. The number of hydrogen-bond acceptors (Lipinski definition) is 4. The highest BCUT2D eigenvalue weighted by Gasteiger charge is 2.44. The molecule has 2 heterocycles. The second-order valence-electron chi connectivity index (χ2n) is 11.9. The Morgan fingerprint density at radius 3 is 1.33 bits per heavy atom. The molecule has 1 aliphatic carbocycles. The van der Waals surface area contributed by atoms with Crippen LogP contribution in [0, 0.1) is 0 Å². The molecular formula is C33H48B2O4. The van der Waals surface area contributed by atoms with Gasteiger partial charge in [0.2, 0.25) is 0 Å². The second-order valence-corrected chi connectivity index (χ2v) is 11.9. The van der Waals surface area contributed by atoms with Gasteiger partial charge in [0.05, 0.1) is 26.4 Å². The molecule has 0 atom stereocenters. The zero-order valence-electron chi connectivity index (χ0n) is 24.5. The molecule has 0 aromatic heterocycles. The molecule has 3 aliphatic rings. The van der Waals surface area contributed by atoms with Gasteiger partial charge in [-0.2, -0.15) is 0 Å². The fraction of sp³-hybridized carbons (Fsp3) is 0.636. The lowest BCUT2D eigenvalue weighted by atomic mass is 9.67. The van der Waals surface area contributed by atoms with Crippen molar-refractivity contribution in [3.8, 4) is 11.1 Å². The van der Waals surface area contributed by atoms with Crippen molar-refractivity contribution in [3.63, 3.8) is 0 Å². The quantitative estimate of drug-likeness (QED) is 0.174. The summed E-state index contributed by atoms with van der Waals surface area (Å²) in [5.74, 6) is 0. The Hall–Kier alpha value is -1.59. The van der Waals surface area contributed by atoms with Crippen LogP contribution in [0.15, 0.2) is 36.4 Å². The molecule has 6 heteroatoms. The normalized spacial score (nSPS) is 17.7. The molecule has 5 rings (SSSR count). The smallest absolute Gasteiger partial charge is 0.405 e. The summed E-state index contributed by atoms with van der Waals surface area (Å²) in [4.78, 5) is 0. The van der Waals surface area contributed by atoms with Gasteiger partial charge in [-0.1, -0.05) is 127 Å². The molecule has 4 nitrogen and oxygen atoms in total. The van der Waals surface area contributed by atoms with E-state index in [-0.39, 0.29) is 19.7 Å². The molecule has 0 spiro atoms. The lowest BCUT2D eigenvalue weighted by Crippen LogP contribution is -2.35. The molecule has 2 saturated heterocycles. The molecule has 0 radical (unpaired) electrons. The van der Waals surface area contributed by atoms with Gasteiger partial charge in [-0.25, -0.2) is 0 Å². The van der Waals surface area contributed by atoms with E-state index in [1.165, 1.54) is 112 Å². The minimum absolute atomic E-state index is 0.0173. The van der Waals surface area contributed by atoms with Gasteiger partial charge >= 0.3 is 14.2 Å². The molecule has 2 fully saturated rings. The summed E-state index contributed by atoms with van der Waals surface area (Å²) < 4.78 is 23.8. The third-order valence-corrected chi connectivity index (χ3v) is 9.11. The van der Waals surface area contributed by atoms with Crippen molar-refractivity contribution in [3.05, 3.63) is 47.5 Å². The van der Waals surface area contributed by atoms with Crippen molar-refractivity contribution in [1.82, 2.24) is 0 Å². The molecule has 0 unspecified atom stereocenters. The summed E-state index contributed by atoms with van der Waals surface area (Å²) in [6.07, 6.45) is 18.2. The fourth-order valence-electron chi connectivity index (χ4n) is 7.00. The number of rotatable bonds is 16. The van der Waals surface area contributed by atoms with Crippen LogP contribution < -0.4 is 10.9 Å². The number of fused-ring (bicyclic) bond motifs is 3. The van der Waals surface area contributed by atoms with Crippen molar-refractivity contribution in [2.24, 2.45) is 0 Å². The number of hydrogen-bond donors (Lipinski definition) is 0. The lowest BCUT2D eigenvalue weighted by molar-refractivity contribution is 0.365. The minimum atomic E-state index is -0.240. The van der Waals surface area contributed by atoms with Gasteiger partial charge in [-0.3, -0.25) is 0 Å². The largest absolute Gasteiger partial charge is 0.494 e. The first kappa shape index (κ1) is 28.9. The summed E-state index contributed by atoms with van der Waals surface area (Å²) in [7, 11) is -0.480. The van der Waals surface area contributed by atoms with Crippen LogP contribution in [-0.2, 0) is 24.0 Å². The van der Waals surface area contributed by atoms with Crippen LogP contribution in [0.5, 0.6) is 0 Å². The monoisotopic (exact) mass is 530 g/mol. The number of benzene rings is 2. The molecule has 2 aromatic rings. The summed E-state index contributed by atoms with van der Waals surface area (Å²) in [5.41, 5.74) is 8.10. The van der Waals surface area contributed by atoms with E-state index in [1.54, 1.807) is 0 Å². The summed E-state index contributed by atoms with van der Waals surface area (Å²) >= 11 is 0. The van der Waals surface area contributed by atoms with Gasteiger partial charge in [0.1, 0.15) is 0 Å². The van der Waals surface area contributed by atoms with Crippen molar-refractivity contribution in [2.75, 3.05) is 26.4 Å². The molecule has 0 N–H and O–H groups in total. The average molecular weight is 530 g/mol. The average Bonchev–Trinajstić information content (AvgIpc) is 3.74. The second kappa shape index (κ2) is 14.3. The maximum atomic E-state index is 5.95. The molecule has 2 aliphatic heterocycles. The predicted octanol–water partition coefficient (Wildman–Crippen LogP) is 6.94. The SMILES string of the molecule is CCCCCCCCC1(CCCCCCCC)c2cc(B3OCCO3)ccc2-c2ccc(B3OCCO3)cc21. The molecule has 2 aromatic carbocycles. The topological polar surface area (TPSA) is 36.9 Å². The van der Waals surface area contributed by atoms with E-state index in [4.69, 9.17) is 18.6 Å².